The van der Waals surface area contributed by atoms with Crippen LogP contribution in [-0.2, 0) is 11.3 Å². The Hall–Kier alpha value is -2.37. The number of hydrogen-bond acceptors (Lipinski definition) is 3. The number of hydrogen-bond donors (Lipinski definition) is 1. The van der Waals surface area contributed by atoms with Gasteiger partial charge in [0.05, 0.1) is 0 Å². The summed E-state index contributed by atoms with van der Waals surface area (Å²) in [4.78, 5) is 34.2. The van der Waals surface area contributed by atoms with Crippen LogP contribution in [0, 0.1) is 18.8 Å². The summed E-state index contributed by atoms with van der Waals surface area (Å²) in [6.07, 6.45) is 1.78. The highest BCUT2D eigenvalue weighted by molar-refractivity contribution is 6.07. The lowest BCUT2D eigenvalue weighted by molar-refractivity contribution is -0.132. The fourth-order valence-corrected chi connectivity index (χ4v) is 5.11. The normalized spacial score (nSPS) is 29.4. The van der Waals surface area contributed by atoms with Gasteiger partial charge in [0.2, 0.25) is 0 Å². The second-order valence-electron chi connectivity index (χ2n) is 8.03. The third kappa shape index (κ3) is 2.82. The van der Waals surface area contributed by atoms with Gasteiger partial charge < -0.3 is 10.2 Å². The molecule has 1 saturated carbocycles. The molecule has 3 amide bonds. The van der Waals surface area contributed by atoms with Crippen LogP contribution in [0.25, 0.3) is 0 Å². The Kier molecular flexibility index (Phi) is 4.44. The molecule has 2 fully saturated rings. The quantitative estimate of drug-likeness (QED) is 0.891. The number of likely N-dealkylation sites (tertiary alicyclic amines) is 1. The molecule has 3 atom stereocenters. The number of urea groups is 1. The summed E-state index contributed by atoms with van der Waals surface area (Å²) in [6, 6.07) is 8.04. The number of nitrogens with zero attached hydrogens (tertiary/aromatic N) is 3. The first-order chi connectivity index (χ1) is 13.0. The molecule has 0 unspecified atom stereocenters. The maximum Gasteiger partial charge on any atom is 0.317 e. The van der Waals surface area contributed by atoms with E-state index in [1.165, 1.54) is 5.56 Å². The van der Waals surface area contributed by atoms with Gasteiger partial charge in [0.25, 0.3) is 5.91 Å². The number of fused-ring (bicyclic) bond motifs is 2. The van der Waals surface area contributed by atoms with E-state index >= 15 is 0 Å². The summed E-state index contributed by atoms with van der Waals surface area (Å²) in [7, 11) is 0. The number of aliphatic imine (C=N–C) groups is 1. The maximum atomic E-state index is 13.0. The van der Waals surface area contributed by atoms with Gasteiger partial charge in [-0.1, -0.05) is 24.3 Å². The van der Waals surface area contributed by atoms with Crippen LogP contribution in [0.1, 0.15) is 37.8 Å². The van der Waals surface area contributed by atoms with E-state index in [1.54, 1.807) is 4.90 Å². The maximum absolute atomic E-state index is 13.0. The predicted octanol–water partition coefficient (Wildman–Crippen LogP) is 2.57. The van der Waals surface area contributed by atoms with Gasteiger partial charge in [-0.2, -0.15) is 0 Å². The number of carbonyl (C=O) groups is 2. The van der Waals surface area contributed by atoms with Gasteiger partial charge in [-0.25, -0.2) is 4.79 Å². The monoisotopic (exact) mass is 368 g/mol. The minimum atomic E-state index is -0.629. The number of carbonyl (C=O) groups excluding carboxylic acids is 2. The number of amides is 3. The van der Waals surface area contributed by atoms with Crippen LogP contribution in [0.4, 0.5) is 4.79 Å². The van der Waals surface area contributed by atoms with E-state index in [0.717, 1.165) is 30.8 Å². The SMILES string of the molecule is CCN1C(=O)[C@@]2(CC[C@H]3CN(C(=O)NCc4ccccc4C)C[C@H]32)N=C1C. The smallest absolute Gasteiger partial charge is 0.317 e. The summed E-state index contributed by atoms with van der Waals surface area (Å²) in [5.74, 6) is 1.47. The van der Waals surface area contributed by atoms with Crippen LogP contribution < -0.4 is 5.32 Å². The molecule has 0 aromatic heterocycles. The molecular weight excluding hydrogens is 340 g/mol. The number of aryl methyl sites for hydroxylation is 1. The van der Waals surface area contributed by atoms with Crippen molar-refractivity contribution in [2.75, 3.05) is 19.6 Å². The van der Waals surface area contributed by atoms with E-state index < -0.39 is 5.54 Å². The van der Waals surface area contributed by atoms with Gasteiger partial charge in [-0.15, -0.1) is 0 Å². The number of benzene rings is 1. The molecule has 1 N–H and O–H groups in total. The number of likely N-dealkylation sites (N-methyl/N-ethyl adjacent to an activating group) is 1. The van der Waals surface area contributed by atoms with Crippen molar-refractivity contribution in [2.24, 2.45) is 16.8 Å². The molecule has 0 bridgehead atoms. The first-order valence-corrected chi connectivity index (χ1v) is 9.92. The molecule has 0 radical (unpaired) electrons. The fourth-order valence-electron chi connectivity index (χ4n) is 5.11. The van der Waals surface area contributed by atoms with E-state index in [2.05, 4.69) is 18.3 Å². The molecule has 6 heteroatoms. The molecule has 1 spiro atoms. The van der Waals surface area contributed by atoms with E-state index in [9.17, 15) is 9.59 Å². The van der Waals surface area contributed by atoms with Crippen molar-refractivity contribution < 1.29 is 9.59 Å². The Bertz CT molecular complexity index is 805. The first kappa shape index (κ1) is 18.0. The van der Waals surface area contributed by atoms with E-state index in [4.69, 9.17) is 4.99 Å². The molecule has 27 heavy (non-hydrogen) atoms. The molecular formula is C21H28N4O2. The Morgan fingerprint density at radius 2 is 2.07 bits per heavy atom. The number of nitrogens with one attached hydrogen (secondary N) is 1. The van der Waals surface area contributed by atoms with Crippen molar-refractivity contribution in [2.45, 2.75) is 45.7 Å². The average molecular weight is 368 g/mol. The lowest BCUT2D eigenvalue weighted by atomic mass is 9.85. The largest absolute Gasteiger partial charge is 0.334 e. The van der Waals surface area contributed by atoms with Crippen LogP contribution >= 0.6 is 0 Å². The van der Waals surface area contributed by atoms with Crippen molar-refractivity contribution in [3.05, 3.63) is 35.4 Å². The van der Waals surface area contributed by atoms with Crippen molar-refractivity contribution in [1.82, 2.24) is 15.1 Å². The highest BCUT2D eigenvalue weighted by Gasteiger charge is 2.60. The zero-order valence-electron chi connectivity index (χ0n) is 16.4. The molecule has 1 aromatic rings. The summed E-state index contributed by atoms with van der Waals surface area (Å²) < 4.78 is 0. The van der Waals surface area contributed by atoms with Crippen molar-refractivity contribution >= 4 is 17.8 Å². The molecule has 4 rings (SSSR count). The van der Waals surface area contributed by atoms with Crippen molar-refractivity contribution in [3.63, 3.8) is 0 Å². The van der Waals surface area contributed by atoms with E-state index in [1.807, 2.05) is 36.9 Å². The highest BCUT2D eigenvalue weighted by Crippen LogP contribution is 2.50. The van der Waals surface area contributed by atoms with Gasteiger partial charge in [-0.3, -0.25) is 14.7 Å². The van der Waals surface area contributed by atoms with Crippen LogP contribution in [0.5, 0.6) is 0 Å². The van der Waals surface area contributed by atoms with Gasteiger partial charge in [0, 0.05) is 32.1 Å². The molecule has 2 heterocycles. The molecule has 3 aliphatic rings. The summed E-state index contributed by atoms with van der Waals surface area (Å²) in [6.45, 7) is 8.49. The molecule has 1 aliphatic carbocycles. The minimum Gasteiger partial charge on any atom is -0.334 e. The lowest BCUT2D eigenvalue weighted by Gasteiger charge is -2.27. The Morgan fingerprint density at radius 3 is 2.78 bits per heavy atom. The lowest BCUT2D eigenvalue weighted by Crippen LogP contribution is -2.47. The third-order valence-corrected chi connectivity index (χ3v) is 6.61. The standard InChI is InChI=1S/C21H28N4O2/c1-4-25-15(3)23-21(19(25)26)10-9-17-12-24(13-18(17)21)20(27)22-11-16-8-6-5-7-14(16)2/h5-8,17-18H,4,9-13H2,1-3H3,(H,22,27)/t17-,18+,21-/m0/s1. The Morgan fingerprint density at radius 1 is 1.30 bits per heavy atom. The summed E-state index contributed by atoms with van der Waals surface area (Å²) >= 11 is 0. The van der Waals surface area contributed by atoms with Gasteiger partial charge in [-0.05, 0) is 50.7 Å². The minimum absolute atomic E-state index is 0.0405. The highest BCUT2D eigenvalue weighted by atomic mass is 16.2. The van der Waals surface area contributed by atoms with Crippen LogP contribution in [0.3, 0.4) is 0 Å². The van der Waals surface area contributed by atoms with Gasteiger partial charge >= 0.3 is 6.03 Å². The van der Waals surface area contributed by atoms with E-state index in [0.29, 0.717) is 25.6 Å². The third-order valence-electron chi connectivity index (χ3n) is 6.61. The van der Waals surface area contributed by atoms with Crippen LogP contribution in [0.15, 0.2) is 29.3 Å². The van der Waals surface area contributed by atoms with Crippen LogP contribution in [0.2, 0.25) is 0 Å². The number of rotatable bonds is 3. The Balaban J connectivity index is 1.44. The number of amidine groups is 1. The zero-order chi connectivity index (χ0) is 19.2. The average Bonchev–Trinajstić information content (AvgIpc) is 3.28. The second kappa shape index (κ2) is 6.66. The molecule has 6 nitrogen and oxygen atoms in total. The van der Waals surface area contributed by atoms with Gasteiger partial charge in [0.15, 0.2) is 0 Å². The first-order valence-electron chi connectivity index (χ1n) is 9.92. The molecule has 1 aromatic carbocycles. The topological polar surface area (TPSA) is 65.0 Å². The summed E-state index contributed by atoms with van der Waals surface area (Å²) in [5, 5.41) is 3.05. The van der Waals surface area contributed by atoms with Crippen LogP contribution in [-0.4, -0.2) is 52.7 Å². The predicted molar refractivity (Wildman–Crippen MR) is 104 cm³/mol. The van der Waals surface area contributed by atoms with Gasteiger partial charge in [0.1, 0.15) is 11.4 Å². The van der Waals surface area contributed by atoms with E-state index in [-0.39, 0.29) is 17.9 Å². The molecule has 1 saturated heterocycles. The summed E-state index contributed by atoms with van der Waals surface area (Å²) in [5.41, 5.74) is 1.68. The molecule has 2 aliphatic heterocycles. The zero-order valence-corrected chi connectivity index (χ0v) is 16.4. The van der Waals surface area contributed by atoms with Crippen molar-refractivity contribution in [1.29, 1.82) is 0 Å². The Labute approximate surface area is 160 Å². The second-order valence-corrected chi connectivity index (χ2v) is 8.03. The fraction of sp³-hybridized carbons (Fsp3) is 0.571. The van der Waals surface area contributed by atoms with Crippen molar-refractivity contribution in [3.8, 4) is 0 Å². The molecule has 144 valence electrons.